The summed E-state index contributed by atoms with van der Waals surface area (Å²) < 4.78 is 10.4. The molecule has 1 fully saturated rings. The maximum atomic E-state index is 12.7. The molecule has 1 saturated heterocycles. The molecule has 9 nitrogen and oxygen atoms in total. The van der Waals surface area contributed by atoms with Crippen LogP contribution in [0, 0.1) is 5.92 Å². The minimum atomic E-state index is -0.299. The standard InChI is InChI=1S/C25H34N4O5/c1-5-33-25(32)20-7-6-14-29(15-20)23(31)16-28(4)22(30)13-12-21-26-24(27-34-21)19-10-8-18(9-11-19)17(2)3/h8-11,17,20H,5-7,12-16H2,1-4H3. The number of amides is 2. The molecule has 1 aromatic heterocycles. The summed E-state index contributed by atoms with van der Waals surface area (Å²) >= 11 is 0. The van der Waals surface area contributed by atoms with Gasteiger partial charge in [0.25, 0.3) is 0 Å². The lowest BCUT2D eigenvalue weighted by Crippen LogP contribution is -2.47. The zero-order valence-corrected chi connectivity index (χ0v) is 20.5. The van der Waals surface area contributed by atoms with Gasteiger partial charge >= 0.3 is 5.97 Å². The molecular formula is C25H34N4O5. The van der Waals surface area contributed by atoms with E-state index in [9.17, 15) is 14.4 Å². The minimum Gasteiger partial charge on any atom is -0.466 e. The molecule has 1 aliphatic rings. The molecule has 0 N–H and O–H groups in total. The molecular weight excluding hydrogens is 436 g/mol. The average Bonchev–Trinajstić information content (AvgIpc) is 3.31. The first-order valence-corrected chi connectivity index (χ1v) is 11.9. The molecule has 2 heterocycles. The molecule has 1 aromatic carbocycles. The lowest BCUT2D eigenvalue weighted by Gasteiger charge is -2.32. The van der Waals surface area contributed by atoms with Crippen LogP contribution in [-0.2, 0) is 25.5 Å². The number of ether oxygens (including phenoxy) is 1. The molecule has 0 bridgehead atoms. The Labute approximate surface area is 200 Å². The van der Waals surface area contributed by atoms with E-state index in [4.69, 9.17) is 9.26 Å². The zero-order chi connectivity index (χ0) is 24.7. The summed E-state index contributed by atoms with van der Waals surface area (Å²) in [7, 11) is 1.60. The van der Waals surface area contributed by atoms with Crippen LogP contribution < -0.4 is 0 Å². The number of nitrogens with zero attached hydrogens (tertiary/aromatic N) is 4. The Morgan fingerprint density at radius 3 is 2.65 bits per heavy atom. The molecule has 1 unspecified atom stereocenters. The smallest absolute Gasteiger partial charge is 0.310 e. The number of rotatable bonds is 9. The first kappa shape index (κ1) is 25.4. The second kappa shape index (κ2) is 11.8. The first-order chi connectivity index (χ1) is 16.3. The van der Waals surface area contributed by atoms with Gasteiger partial charge in [-0.15, -0.1) is 0 Å². The van der Waals surface area contributed by atoms with E-state index in [1.165, 1.54) is 10.5 Å². The Morgan fingerprint density at radius 1 is 1.24 bits per heavy atom. The number of carbonyl (C=O) groups is 3. The molecule has 9 heteroatoms. The summed E-state index contributed by atoms with van der Waals surface area (Å²) in [5, 5.41) is 4.02. The number of piperidine rings is 1. The van der Waals surface area contributed by atoms with Crippen LogP contribution >= 0.6 is 0 Å². The summed E-state index contributed by atoms with van der Waals surface area (Å²) in [6.07, 6.45) is 1.91. The van der Waals surface area contributed by atoms with Gasteiger partial charge in [0.1, 0.15) is 0 Å². The Hall–Kier alpha value is -3.23. The monoisotopic (exact) mass is 470 g/mol. The molecule has 34 heavy (non-hydrogen) atoms. The summed E-state index contributed by atoms with van der Waals surface area (Å²) in [4.78, 5) is 44.7. The highest BCUT2D eigenvalue weighted by atomic mass is 16.5. The predicted molar refractivity (Wildman–Crippen MR) is 126 cm³/mol. The number of hydrogen-bond acceptors (Lipinski definition) is 7. The molecule has 1 aliphatic heterocycles. The Balaban J connectivity index is 1.47. The van der Waals surface area contributed by atoms with Gasteiger partial charge in [-0.1, -0.05) is 43.3 Å². The molecule has 2 aromatic rings. The lowest BCUT2D eigenvalue weighted by molar-refractivity contribution is -0.152. The minimum absolute atomic E-state index is 0.0360. The molecule has 3 rings (SSSR count). The molecule has 184 valence electrons. The van der Waals surface area contributed by atoms with Crippen molar-refractivity contribution in [3.8, 4) is 11.4 Å². The van der Waals surface area contributed by atoms with Crippen molar-refractivity contribution >= 4 is 17.8 Å². The van der Waals surface area contributed by atoms with Crippen LogP contribution in [0.1, 0.15) is 57.4 Å². The van der Waals surface area contributed by atoms with Gasteiger partial charge in [0, 0.05) is 38.5 Å². The molecule has 0 saturated carbocycles. The van der Waals surface area contributed by atoms with Crippen molar-refractivity contribution in [3.63, 3.8) is 0 Å². The van der Waals surface area contributed by atoms with E-state index in [0.29, 0.717) is 50.2 Å². The van der Waals surface area contributed by atoms with E-state index in [1.807, 2.05) is 24.3 Å². The van der Waals surface area contributed by atoms with Gasteiger partial charge in [-0.3, -0.25) is 14.4 Å². The highest BCUT2D eigenvalue weighted by Crippen LogP contribution is 2.21. The Bertz CT molecular complexity index is 985. The van der Waals surface area contributed by atoms with E-state index in [2.05, 4.69) is 24.0 Å². The first-order valence-electron chi connectivity index (χ1n) is 11.9. The van der Waals surface area contributed by atoms with E-state index in [-0.39, 0.29) is 36.7 Å². The number of likely N-dealkylation sites (tertiary alicyclic amines) is 1. The average molecular weight is 471 g/mol. The van der Waals surface area contributed by atoms with Gasteiger partial charge in [0.05, 0.1) is 19.1 Å². The largest absolute Gasteiger partial charge is 0.466 e. The third kappa shape index (κ3) is 6.65. The van der Waals surface area contributed by atoms with Crippen molar-refractivity contribution in [1.82, 2.24) is 19.9 Å². The predicted octanol–water partition coefficient (Wildman–Crippen LogP) is 3.05. The summed E-state index contributed by atoms with van der Waals surface area (Å²) in [6.45, 7) is 7.25. The van der Waals surface area contributed by atoms with Gasteiger partial charge in [-0.05, 0) is 31.2 Å². The summed E-state index contributed by atoms with van der Waals surface area (Å²) in [5.41, 5.74) is 2.09. The fourth-order valence-electron chi connectivity index (χ4n) is 3.94. The zero-order valence-electron chi connectivity index (χ0n) is 20.5. The number of aryl methyl sites for hydroxylation is 1. The number of aromatic nitrogens is 2. The topological polar surface area (TPSA) is 106 Å². The van der Waals surface area contributed by atoms with Crippen LogP contribution in [0.3, 0.4) is 0 Å². The third-order valence-corrected chi connectivity index (χ3v) is 6.05. The van der Waals surface area contributed by atoms with Crippen molar-refractivity contribution in [2.24, 2.45) is 5.92 Å². The van der Waals surface area contributed by atoms with Crippen molar-refractivity contribution < 1.29 is 23.6 Å². The molecule has 0 aliphatic carbocycles. The van der Waals surface area contributed by atoms with Crippen LogP contribution in [0.25, 0.3) is 11.4 Å². The number of esters is 1. The second-order valence-electron chi connectivity index (χ2n) is 8.97. The van der Waals surface area contributed by atoms with E-state index >= 15 is 0 Å². The number of carbonyl (C=O) groups excluding carboxylic acids is 3. The quantitative estimate of drug-likeness (QED) is 0.519. The summed E-state index contributed by atoms with van der Waals surface area (Å²) in [6, 6.07) is 8.01. The van der Waals surface area contributed by atoms with Crippen molar-refractivity contribution in [2.45, 2.75) is 52.4 Å². The van der Waals surface area contributed by atoms with Crippen LogP contribution in [0.15, 0.2) is 28.8 Å². The number of likely N-dealkylation sites (N-methyl/N-ethyl adjacent to an activating group) is 1. The normalized spacial score (nSPS) is 15.9. The number of benzene rings is 1. The lowest BCUT2D eigenvalue weighted by atomic mass is 9.98. The van der Waals surface area contributed by atoms with Gasteiger partial charge < -0.3 is 19.1 Å². The summed E-state index contributed by atoms with van der Waals surface area (Å²) in [5.74, 6) is 0.389. The fourth-order valence-corrected chi connectivity index (χ4v) is 3.94. The maximum absolute atomic E-state index is 12.7. The van der Waals surface area contributed by atoms with E-state index in [1.54, 1.807) is 18.9 Å². The van der Waals surface area contributed by atoms with Crippen LogP contribution in [0.2, 0.25) is 0 Å². The number of hydrogen-bond donors (Lipinski definition) is 0. The van der Waals surface area contributed by atoms with Gasteiger partial charge in [-0.25, -0.2) is 0 Å². The van der Waals surface area contributed by atoms with Gasteiger partial charge in [0.15, 0.2) is 0 Å². The van der Waals surface area contributed by atoms with Crippen LogP contribution in [0.5, 0.6) is 0 Å². The molecule has 0 radical (unpaired) electrons. The van der Waals surface area contributed by atoms with E-state index < -0.39 is 0 Å². The van der Waals surface area contributed by atoms with E-state index in [0.717, 1.165) is 12.0 Å². The van der Waals surface area contributed by atoms with Crippen LogP contribution in [-0.4, -0.2) is 71.0 Å². The highest BCUT2D eigenvalue weighted by molar-refractivity contribution is 5.85. The fraction of sp³-hybridized carbons (Fsp3) is 0.560. The molecule has 1 atom stereocenters. The molecule has 0 spiro atoms. The third-order valence-electron chi connectivity index (χ3n) is 6.05. The molecule has 2 amide bonds. The second-order valence-corrected chi connectivity index (χ2v) is 8.97. The highest BCUT2D eigenvalue weighted by Gasteiger charge is 2.30. The van der Waals surface area contributed by atoms with Crippen molar-refractivity contribution in [1.29, 1.82) is 0 Å². The van der Waals surface area contributed by atoms with Crippen molar-refractivity contribution in [3.05, 3.63) is 35.7 Å². The maximum Gasteiger partial charge on any atom is 0.310 e. The Kier molecular flexibility index (Phi) is 8.79. The van der Waals surface area contributed by atoms with Gasteiger partial charge in [-0.2, -0.15) is 4.98 Å². The van der Waals surface area contributed by atoms with Gasteiger partial charge in [0.2, 0.25) is 23.5 Å². The van der Waals surface area contributed by atoms with Crippen LogP contribution in [0.4, 0.5) is 0 Å². The SMILES string of the molecule is CCOC(=O)C1CCCN(C(=O)CN(C)C(=O)CCc2nc(-c3ccc(C(C)C)cc3)no2)C1. The Morgan fingerprint density at radius 2 is 1.97 bits per heavy atom. The van der Waals surface area contributed by atoms with Crippen molar-refractivity contribution in [2.75, 3.05) is 33.3 Å².